The Balaban J connectivity index is 1.63. The number of hydrogen-bond acceptors (Lipinski definition) is 5. The van der Waals surface area contributed by atoms with Crippen molar-refractivity contribution in [3.05, 3.63) is 23.9 Å². The van der Waals surface area contributed by atoms with Gasteiger partial charge in [-0.05, 0) is 26.8 Å². The van der Waals surface area contributed by atoms with Gasteiger partial charge in [0.05, 0.1) is 25.4 Å². The lowest BCUT2D eigenvalue weighted by Crippen LogP contribution is -2.60. The predicted molar refractivity (Wildman–Crippen MR) is 92.5 cm³/mol. The predicted octanol–water partition coefficient (Wildman–Crippen LogP) is 1.96. The molecule has 0 unspecified atom stereocenters. The molecule has 2 aliphatic rings. The van der Waals surface area contributed by atoms with E-state index in [2.05, 4.69) is 10.3 Å². The van der Waals surface area contributed by atoms with Crippen molar-refractivity contribution in [1.82, 2.24) is 15.2 Å². The van der Waals surface area contributed by atoms with Crippen LogP contribution in [0.2, 0.25) is 0 Å². The van der Waals surface area contributed by atoms with Crippen LogP contribution in [0.1, 0.15) is 32.8 Å². The Bertz CT molecular complexity index is 612. The van der Waals surface area contributed by atoms with Gasteiger partial charge in [-0.25, -0.2) is 9.78 Å². The van der Waals surface area contributed by atoms with Crippen LogP contribution in [0.4, 0.5) is 4.79 Å². The molecule has 0 aromatic carbocycles. The van der Waals surface area contributed by atoms with Gasteiger partial charge < -0.3 is 24.4 Å². The van der Waals surface area contributed by atoms with Crippen LogP contribution in [0, 0.1) is 0 Å². The molecule has 3 rings (SSSR count). The fraction of sp³-hybridized carbons (Fsp3) is 0.667. The number of rotatable bonds is 4. The van der Waals surface area contributed by atoms with E-state index in [4.69, 9.17) is 14.2 Å². The van der Waals surface area contributed by atoms with Crippen LogP contribution < -0.4 is 10.1 Å². The second kappa shape index (κ2) is 7.58. The Morgan fingerprint density at radius 3 is 3.08 bits per heavy atom. The number of urea groups is 1. The van der Waals surface area contributed by atoms with Gasteiger partial charge in [0.2, 0.25) is 5.88 Å². The van der Waals surface area contributed by atoms with Gasteiger partial charge >= 0.3 is 6.03 Å². The van der Waals surface area contributed by atoms with Crippen LogP contribution in [0.15, 0.2) is 18.3 Å². The molecular formula is C18H27N3O4. The molecule has 2 fully saturated rings. The first-order valence-electron chi connectivity index (χ1n) is 8.93. The van der Waals surface area contributed by atoms with Crippen molar-refractivity contribution in [2.45, 2.75) is 51.5 Å². The number of aromatic nitrogens is 1. The summed E-state index contributed by atoms with van der Waals surface area (Å²) in [6, 6.07) is 3.65. The molecule has 138 valence electrons. The molecule has 7 nitrogen and oxygen atoms in total. The number of nitrogens with one attached hydrogen (secondary N) is 1. The maximum Gasteiger partial charge on any atom is 0.317 e. The maximum atomic E-state index is 12.7. The molecule has 0 bridgehead atoms. The van der Waals surface area contributed by atoms with Crippen LogP contribution >= 0.6 is 0 Å². The Labute approximate surface area is 148 Å². The lowest BCUT2D eigenvalue weighted by Gasteiger charge is -2.45. The molecule has 0 saturated carbocycles. The zero-order valence-electron chi connectivity index (χ0n) is 15.2. The third-order valence-corrected chi connectivity index (χ3v) is 4.85. The number of amides is 2. The minimum absolute atomic E-state index is 0.00608. The zero-order valence-corrected chi connectivity index (χ0v) is 15.2. The molecule has 2 saturated heterocycles. The molecule has 2 amide bonds. The van der Waals surface area contributed by atoms with Gasteiger partial charge in [-0.1, -0.05) is 6.07 Å². The first-order valence-corrected chi connectivity index (χ1v) is 8.93. The second-order valence-corrected chi connectivity index (χ2v) is 6.70. The topological polar surface area (TPSA) is 72.9 Å². The Hall–Kier alpha value is -1.86. The van der Waals surface area contributed by atoms with Crippen molar-refractivity contribution in [3.8, 4) is 5.88 Å². The highest BCUT2D eigenvalue weighted by molar-refractivity contribution is 5.74. The second-order valence-electron chi connectivity index (χ2n) is 6.70. The van der Waals surface area contributed by atoms with Crippen LogP contribution in [0.3, 0.4) is 0 Å². The summed E-state index contributed by atoms with van der Waals surface area (Å²) in [6.45, 7) is 8.66. The van der Waals surface area contributed by atoms with E-state index in [0.29, 0.717) is 38.7 Å². The Morgan fingerprint density at radius 2 is 2.36 bits per heavy atom. The quantitative estimate of drug-likeness (QED) is 0.900. The molecule has 0 aliphatic carbocycles. The highest BCUT2D eigenvalue weighted by Gasteiger charge is 2.48. The van der Waals surface area contributed by atoms with Gasteiger partial charge in [-0.2, -0.15) is 0 Å². The largest absolute Gasteiger partial charge is 0.478 e. The van der Waals surface area contributed by atoms with Crippen LogP contribution in [0.5, 0.6) is 5.88 Å². The van der Waals surface area contributed by atoms with E-state index in [0.717, 1.165) is 12.0 Å². The van der Waals surface area contributed by atoms with Crippen molar-refractivity contribution >= 4 is 6.03 Å². The molecule has 0 radical (unpaired) electrons. The molecule has 1 aromatic rings. The van der Waals surface area contributed by atoms with E-state index in [1.807, 2.05) is 37.8 Å². The Morgan fingerprint density at radius 1 is 1.52 bits per heavy atom. The van der Waals surface area contributed by atoms with Crippen LogP contribution in [-0.2, 0) is 16.0 Å². The van der Waals surface area contributed by atoms with Gasteiger partial charge in [0.1, 0.15) is 5.60 Å². The summed E-state index contributed by atoms with van der Waals surface area (Å²) in [6.07, 6.45) is 2.49. The summed E-state index contributed by atoms with van der Waals surface area (Å²) in [7, 11) is 0. The van der Waals surface area contributed by atoms with Gasteiger partial charge in [-0.3, -0.25) is 0 Å². The molecule has 1 N–H and O–H groups in total. The number of pyridine rings is 1. The van der Waals surface area contributed by atoms with Crippen molar-refractivity contribution in [3.63, 3.8) is 0 Å². The molecule has 7 heteroatoms. The number of ether oxygens (including phenoxy) is 3. The van der Waals surface area contributed by atoms with E-state index in [1.54, 1.807) is 6.20 Å². The summed E-state index contributed by atoms with van der Waals surface area (Å²) >= 11 is 0. The first kappa shape index (κ1) is 17.9. The van der Waals surface area contributed by atoms with E-state index in [1.165, 1.54) is 0 Å². The van der Waals surface area contributed by atoms with Crippen LogP contribution in [-0.4, -0.2) is 60.0 Å². The summed E-state index contributed by atoms with van der Waals surface area (Å²) in [5, 5.41) is 2.98. The minimum Gasteiger partial charge on any atom is -0.478 e. The van der Waals surface area contributed by atoms with Crippen LogP contribution in [0.25, 0.3) is 0 Å². The summed E-state index contributed by atoms with van der Waals surface area (Å²) in [4.78, 5) is 18.7. The standard InChI is InChI=1S/C18H27N3O4/c1-4-23-16-15(6-5-8-19-16)10-20-17(22)21-11-13(2)25-18(12-21)7-9-24-14(18)3/h5-6,8,13-14H,4,7,9-12H2,1-3H3,(H,20,22)/t13-,14+,18-/m0/s1. The average Bonchev–Trinajstić information content (AvgIpc) is 2.93. The number of carbonyl (C=O) groups excluding carboxylic acids is 1. The smallest absolute Gasteiger partial charge is 0.317 e. The van der Waals surface area contributed by atoms with Crippen molar-refractivity contribution in [2.75, 3.05) is 26.3 Å². The molecule has 1 aromatic heterocycles. The molecule has 3 atom stereocenters. The molecular weight excluding hydrogens is 322 g/mol. The molecule has 1 spiro atoms. The molecule has 3 heterocycles. The Kier molecular flexibility index (Phi) is 5.44. The third-order valence-electron chi connectivity index (χ3n) is 4.85. The fourth-order valence-corrected chi connectivity index (χ4v) is 3.56. The van der Waals surface area contributed by atoms with Gasteiger partial charge in [0.25, 0.3) is 0 Å². The number of morpholine rings is 1. The maximum absolute atomic E-state index is 12.7. The monoisotopic (exact) mass is 349 g/mol. The summed E-state index contributed by atoms with van der Waals surface area (Å²) in [5.74, 6) is 0.565. The SMILES string of the molecule is CCOc1ncccc1CNC(=O)N1C[C@H](C)O[C@@]2(CCO[C@@H]2C)C1. The van der Waals surface area contributed by atoms with Crippen molar-refractivity contribution in [1.29, 1.82) is 0 Å². The third kappa shape index (κ3) is 3.88. The minimum atomic E-state index is -0.389. The average molecular weight is 349 g/mol. The van der Waals surface area contributed by atoms with E-state index >= 15 is 0 Å². The van der Waals surface area contributed by atoms with E-state index in [9.17, 15) is 4.79 Å². The highest BCUT2D eigenvalue weighted by atomic mass is 16.6. The lowest BCUT2D eigenvalue weighted by atomic mass is 9.93. The number of hydrogen-bond donors (Lipinski definition) is 1. The molecule has 25 heavy (non-hydrogen) atoms. The number of carbonyl (C=O) groups is 1. The lowest BCUT2D eigenvalue weighted by molar-refractivity contribution is -0.159. The molecule has 2 aliphatic heterocycles. The van der Waals surface area contributed by atoms with Gasteiger partial charge in [0.15, 0.2) is 0 Å². The summed E-state index contributed by atoms with van der Waals surface area (Å²) < 4.78 is 17.4. The fourth-order valence-electron chi connectivity index (χ4n) is 3.56. The van der Waals surface area contributed by atoms with Crippen molar-refractivity contribution < 1.29 is 19.0 Å². The number of nitrogens with zero attached hydrogens (tertiary/aromatic N) is 2. The highest BCUT2D eigenvalue weighted by Crippen LogP contribution is 2.35. The van der Waals surface area contributed by atoms with Crippen molar-refractivity contribution in [2.24, 2.45) is 0 Å². The normalized spacial score (nSPS) is 29.0. The van der Waals surface area contributed by atoms with Gasteiger partial charge in [-0.15, -0.1) is 0 Å². The summed E-state index contributed by atoms with van der Waals surface area (Å²) in [5.41, 5.74) is 0.478. The van der Waals surface area contributed by atoms with E-state index < -0.39 is 0 Å². The van der Waals surface area contributed by atoms with Gasteiger partial charge in [0, 0.05) is 37.9 Å². The zero-order chi connectivity index (χ0) is 17.9. The van der Waals surface area contributed by atoms with E-state index in [-0.39, 0.29) is 23.8 Å². The first-order chi connectivity index (χ1) is 12.0.